The Morgan fingerprint density at radius 1 is 1.21 bits per heavy atom. The van der Waals surface area contributed by atoms with Crippen molar-refractivity contribution < 1.29 is 23.8 Å². The van der Waals surface area contributed by atoms with Crippen LogP contribution in [-0.4, -0.2) is 56.7 Å². The molecule has 2 aromatic heterocycles. The molecule has 2 fully saturated rings. The Kier molecular flexibility index (Phi) is 7.34. The molecule has 38 heavy (non-hydrogen) atoms. The number of ether oxygens (including phenoxy) is 1. The number of aliphatic hydroxyl groups is 1. The van der Waals surface area contributed by atoms with Gasteiger partial charge in [0.2, 0.25) is 5.91 Å². The number of rotatable bonds is 8. The molecule has 0 bridgehead atoms. The number of benzene rings is 1. The van der Waals surface area contributed by atoms with E-state index in [9.17, 15) is 19.1 Å². The van der Waals surface area contributed by atoms with Crippen LogP contribution in [0.1, 0.15) is 62.0 Å². The van der Waals surface area contributed by atoms with Gasteiger partial charge in [-0.05, 0) is 76.0 Å². The summed E-state index contributed by atoms with van der Waals surface area (Å²) < 4.78 is 20.3. The van der Waals surface area contributed by atoms with Crippen LogP contribution in [0.4, 0.5) is 4.39 Å². The lowest BCUT2D eigenvalue weighted by Gasteiger charge is -2.35. The zero-order valence-electron chi connectivity index (χ0n) is 21.9. The molecule has 0 radical (unpaired) electrons. The standard InChI is InChI=1S/C28H34FN5O4/c1-14-10-19(7-8-21(14)34-27(36)16(3)35)33-28(37)23-15(2)32-26-24(30-13-31-25(23)26)20-11-18(29)6-9-22(20)38-12-17-4-5-17/h6,9,11,13-14,16-17,19,21,32,35H,4-5,7-8,10,12H2,1-3H3,(H,33,37)(H,34,36)/t14-,16+,19-,21-/m1/s1. The maximum absolute atomic E-state index is 14.3. The molecular formula is C28H34FN5O4. The molecule has 0 saturated heterocycles. The number of aromatic nitrogens is 3. The van der Waals surface area contributed by atoms with Crippen LogP contribution in [0.3, 0.4) is 0 Å². The van der Waals surface area contributed by atoms with Gasteiger partial charge in [0.05, 0.1) is 17.7 Å². The molecule has 0 aliphatic heterocycles. The summed E-state index contributed by atoms with van der Waals surface area (Å²) in [5, 5.41) is 15.5. The number of H-pyrrole nitrogens is 1. The molecule has 0 unspecified atom stereocenters. The molecule has 2 saturated carbocycles. The van der Waals surface area contributed by atoms with E-state index < -0.39 is 11.9 Å². The highest BCUT2D eigenvalue weighted by atomic mass is 19.1. The van der Waals surface area contributed by atoms with E-state index in [4.69, 9.17) is 4.74 Å². The first-order valence-electron chi connectivity index (χ1n) is 13.3. The minimum absolute atomic E-state index is 0.0435. The van der Waals surface area contributed by atoms with Gasteiger partial charge < -0.3 is 25.5 Å². The highest BCUT2D eigenvalue weighted by molar-refractivity contribution is 6.09. The molecule has 2 aliphatic carbocycles. The number of hydrogen-bond acceptors (Lipinski definition) is 6. The van der Waals surface area contributed by atoms with Gasteiger partial charge in [-0.3, -0.25) is 9.59 Å². The van der Waals surface area contributed by atoms with E-state index in [0.717, 1.165) is 12.8 Å². The number of hydrogen-bond donors (Lipinski definition) is 4. The van der Waals surface area contributed by atoms with Gasteiger partial charge in [-0.1, -0.05) is 6.92 Å². The van der Waals surface area contributed by atoms with Crippen LogP contribution in [0.15, 0.2) is 24.5 Å². The molecule has 2 aliphatic rings. The van der Waals surface area contributed by atoms with E-state index in [0.29, 0.717) is 71.1 Å². The first kappa shape index (κ1) is 26.1. The number of carbonyl (C=O) groups is 2. The third kappa shape index (κ3) is 5.50. The Morgan fingerprint density at radius 3 is 2.71 bits per heavy atom. The topological polar surface area (TPSA) is 129 Å². The van der Waals surface area contributed by atoms with Crippen LogP contribution in [-0.2, 0) is 4.79 Å². The van der Waals surface area contributed by atoms with Crippen molar-refractivity contribution in [3.63, 3.8) is 0 Å². The lowest BCUT2D eigenvalue weighted by molar-refractivity contribution is -0.129. The van der Waals surface area contributed by atoms with Gasteiger partial charge in [-0.25, -0.2) is 14.4 Å². The van der Waals surface area contributed by atoms with Crippen molar-refractivity contribution in [2.45, 2.75) is 71.1 Å². The number of aryl methyl sites for hydroxylation is 1. The van der Waals surface area contributed by atoms with E-state index in [1.54, 1.807) is 6.07 Å². The first-order valence-corrected chi connectivity index (χ1v) is 13.3. The van der Waals surface area contributed by atoms with Crippen molar-refractivity contribution in [2.75, 3.05) is 6.61 Å². The van der Waals surface area contributed by atoms with Crippen molar-refractivity contribution in [2.24, 2.45) is 11.8 Å². The molecule has 202 valence electrons. The fourth-order valence-corrected chi connectivity index (χ4v) is 5.21. The number of aromatic amines is 1. The molecule has 2 heterocycles. The van der Waals surface area contributed by atoms with Gasteiger partial charge in [0.1, 0.15) is 35.2 Å². The summed E-state index contributed by atoms with van der Waals surface area (Å²) in [6.07, 6.45) is 4.71. The van der Waals surface area contributed by atoms with Crippen LogP contribution < -0.4 is 15.4 Å². The molecule has 4 atom stereocenters. The molecule has 1 aromatic carbocycles. The molecule has 2 amide bonds. The average molecular weight is 524 g/mol. The molecule has 0 spiro atoms. The SMILES string of the molecule is Cc1[nH]c2c(-c3cc(F)ccc3OCC3CC3)ncnc2c1C(=O)N[C@@H]1CC[C@@H](NC(=O)[C@H](C)O)[C@H](C)C1. The average Bonchev–Trinajstić information content (AvgIpc) is 3.64. The molecular weight excluding hydrogens is 489 g/mol. The lowest BCUT2D eigenvalue weighted by atomic mass is 9.82. The van der Waals surface area contributed by atoms with E-state index in [-0.39, 0.29) is 29.8 Å². The Labute approximate surface area is 220 Å². The first-order chi connectivity index (χ1) is 18.2. The number of fused-ring (bicyclic) bond motifs is 1. The number of nitrogens with one attached hydrogen (secondary N) is 3. The van der Waals surface area contributed by atoms with Crippen molar-refractivity contribution in [1.82, 2.24) is 25.6 Å². The Hall–Kier alpha value is -3.53. The Bertz CT molecular complexity index is 1350. The maximum Gasteiger partial charge on any atom is 0.255 e. The monoisotopic (exact) mass is 523 g/mol. The smallest absolute Gasteiger partial charge is 0.255 e. The molecule has 4 N–H and O–H groups in total. The van der Waals surface area contributed by atoms with Crippen LogP contribution in [0.5, 0.6) is 5.75 Å². The van der Waals surface area contributed by atoms with E-state index in [1.165, 1.54) is 25.4 Å². The predicted molar refractivity (Wildman–Crippen MR) is 140 cm³/mol. The van der Waals surface area contributed by atoms with Gasteiger partial charge in [0, 0.05) is 23.3 Å². The minimum Gasteiger partial charge on any atom is -0.493 e. The van der Waals surface area contributed by atoms with Crippen molar-refractivity contribution in [3.8, 4) is 17.0 Å². The Balaban J connectivity index is 1.36. The van der Waals surface area contributed by atoms with Crippen LogP contribution in [0.25, 0.3) is 22.3 Å². The normalized spacial score (nSPS) is 22.2. The van der Waals surface area contributed by atoms with Crippen LogP contribution in [0, 0.1) is 24.6 Å². The highest BCUT2D eigenvalue weighted by Gasteiger charge is 2.31. The fraction of sp³-hybridized carbons (Fsp3) is 0.500. The van der Waals surface area contributed by atoms with Crippen LogP contribution >= 0.6 is 0 Å². The molecule has 9 nitrogen and oxygen atoms in total. The molecule has 10 heteroatoms. The van der Waals surface area contributed by atoms with Gasteiger partial charge in [0.15, 0.2) is 0 Å². The summed E-state index contributed by atoms with van der Waals surface area (Å²) >= 11 is 0. The minimum atomic E-state index is -1.05. The number of nitrogens with zero attached hydrogens (tertiary/aromatic N) is 2. The summed E-state index contributed by atoms with van der Waals surface area (Å²) in [5.74, 6) is 0.191. The van der Waals surface area contributed by atoms with E-state index in [1.807, 2.05) is 13.8 Å². The van der Waals surface area contributed by atoms with Gasteiger partial charge in [0.25, 0.3) is 5.91 Å². The number of halogens is 1. The second kappa shape index (κ2) is 10.7. The molecule has 5 rings (SSSR count). The van der Waals surface area contributed by atoms with Crippen molar-refractivity contribution >= 4 is 22.8 Å². The van der Waals surface area contributed by atoms with Crippen molar-refractivity contribution in [1.29, 1.82) is 0 Å². The number of amides is 2. The quantitative estimate of drug-likeness (QED) is 0.357. The zero-order valence-corrected chi connectivity index (χ0v) is 21.9. The predicted octanol–water partition coefficient (Wildman–Crippen LogP) is 3.65. The summed E-state index contributed by atoms with van der Waals surface area (Å²) in [5.41, 5.74) is 3.08. The highest BCUT2D eigenvalue weighted by Crippen LogP contribution is 2.37. The number of aliphatic hydroxyl groups excluding tert-OH is 1. The van der Waals surface area contributed by atoms with Crippen molar-refractivity contribution in [3.05, 3.63) is 41.6 Å². The number of carbonyl (C=O) groups excluding carboxylic acids is 2. The summed E-state index contributed by atoms with van der Waals surface area (Å²) in [7, 11) is 0. The maximum atomic E-state index is 14.3. The second-order valence-corrected chi connectivity index (χ2v) is 10.7. The largest absolute Gasteiger partial charge is 0.493 e. The zero-order chi connectivity index (χ0) is 27.0. The fourth-order valence-electron chi connectivity index (χ4n) is 5.21. The van der Waals surface area contributed by atoms with Gasteiger partial charge in [-0.15, -0.1) is 0 Å². The third-order valence-corrected chi connectivity index (χ3v) is 7.58. The Morgan fingerprint density at radius 2 is 2.00 bits per heavy atom. The lowest BCUT2D eigenvalue weighted by Crippen LogP contribution is -2.49. The van der Waals surface area contributed by atoms with E-state index in [2.05, 4.69) is 25.6 Å². The van der Waals surface area contributed by atoms with Gasteiger partial charge >= 0.3 is 0 Å². The van der Waals surface area contributed by atoms with E-state index >= 15 is 0 Å². The molecule has 3 aromatic rings. The van der Waals surface area contributed by atoms with Crippen LogP contribution in [0.2, 0.25) is 0 Å². The summed E-state index contributed by atoms with van der Waals surface area (Å²) in [6.45, 7) is 5.86. The second-order valence-electron chi connectivity index (χ2n) is 10.7. The summed E-state index contributed by atoms with van der Waals surface area (Å²) in [6, 6.07) is 4.28. The van der Waals surface area contributed by atoms with Gasteiger partial charge in [-0.2, -0.15) is 0 Å². The summed E-state index contributed by atoms with van der Waals surface area (Å²) in [4.78, 5) is 37.4. The third-order valence-electron chi connectivity index (χ3n) is 7.58.